The van der Waals surface area contributed by atoms with E-state index in [2.05, 4.69) is 45.9 Å². The number of nitrogens with one attached hydrogen (secondary N) is 2. The van der Waals surface area contributed by atoms with Crippen molar-refractivity contribution in [2.45, 2.75) is 51.9 Å². The highest BCUT2D eigenvalue weighted by atomic mass is 15.1. The predicted octanol–water partition coefficient (Wildman–Crippen LogP) is 4.26. The molecule has 4 rings (SSSR count). The monoisotopic (exact) mass is 333 g/mol. The lowest BCUT2D eigenvalue weighted by atomic mass is 9.89. The van der Waals surface area contributed by atoms with Crippen molar-refractivity contribution in [1.82, 2.24) is 4.98 Å². The Morgan fingerprint density at radius 3 is 2.76 bits per heavy atom. The largest absolute Gasteiger partial charge is 0.305 e. The molecule has 1 aromatic carbocycles. The average Bonchev–Trinajstić information content (AvgIpc) is 3.03. The Morgan fingerprint density at radius 2 is 1.96 bits per heavy atom. The van der Waals surface area contributed by atoms with Crippen molar-refractivity contribution in [2.75, 3.05) is 11.9 Å². The zero-order valence-electron chi connectivity index (χ0n) is 14.9. The zero-order chi connectivity index (χ0) is 17.2. The summed E-state index contributed by atoms with van der Waals surface area (Å²) in [7, 11) is 0. The van der Waals surface area contributed by atoms with Crippen LogP contribution in [0.1, 0.15) is 55.7 Å². The third kappa shape index (κ3) is 2.64. The molecule has 3 aromatic rings. The molecule has 0 amide bonds. The van der Waals surface area contributed by atoms with E-state index in [0.717, 1.165) is 41.6 Å². The third-order valence-electron chi connectivity index (χ3n) is 5.32. The van der Waals surface area contributed by atoms with Gasteiger partial charge >= 0.3 is 0 Å². The van der Waals surface area contributed by atoms with Crippen LogP contribution in [0.3, 0.4) is 0 Å². The first kappa shape index (κ1) is 16.0. The van der Waals surface area contributed by atoms with Crippen LogP contribution in [0.25, 0.3) is 16.7 Å². The summed E-state index contributed by atoms with van der Waals surface area (Å²) >= 11 is 0. The maximum absolute atomic E-state index is 9.85. The molecule has 2 aromatic heterocycles. The summed E-state index contributed by atoms with van der Waals surface area (Å²) in [6.07, 6.45) is 8.09. The molecule has 0 bridgehead atoms. The van der Waals surface area contributed by atoms with Crippen LogP contribution < -0.4 is 9.72 Å². The fourth-order valence-corrected chi connectivity index (χ4v) is 4.09. The summed E-state index contributed by atoms with van der Waals surface area (Å²) in [5.74, 6) is 1.19. The molecular weight excluding hydrogens is 308 g/mol. The van der Waals surface area contributed by atoms with Gasteiger partial charge in [0.25, 0.3) is 0 Å². The normalized spacial score (nSPS) is 13.8. The highest BCUT2D eigenvalue weighted by molar-refractivity contribution is 5.78. The van der Waals surface area contributed by atoms with E-state index >= 15 is 0 Å². The number of anilines is 1. The molecule has 0 atom stereocenters. The van der Waals surface area contributed by atoms with Crippen LogP contribution in [0.2, 0.25) is 0 Å². The molecule has 0 saturated carbocycles. The van der Waals surface area contributed by atoms with Crippen LogP contribution in [-0.2, 0) is 12.8 Å². The van der Waals surface area contributed by atoms with Crippen molar-refractivity contribution in [3.63, 3.8) is 0 Å². The minimum Gasteiger partial charge on any atom is -0.305 e. The third-order valence-corrected chi connectivity index (χ3v) is 5.32. The molecule has 0 fully saturated rings. The number of nitriles is 1. The molecule has 25 heavy (non-hydrogen) atoms. The number of aromatic amines is 1. The standard InChI is InChI=1S/C21H24N4/c1-2-3-8-13-23-20-16-10-5-4-9-15(16)17(14-22)21-24-18-11-6-7-12-19(18)25(20)21/h6-7,11-12H,2-5,8-10,13H2,1H3,(H,23,24)/p+1. The molecule has 4 heteroatoms. The molecule has 1 aliphatic rings. The van der Waals surface area contributed by atoms with Gasteiger partial charge in [-0.25, -0.2) is 0 Å². The maximum Gasteiger partial charge on any atom is 0.250 e. The predicted molar refractivity (Wildman–Crippen MR) is 101 cm³/mol. The molecule has 1 aliphatic carbocycles. The first-order valence-electron chi connectivity index (χ1n) is 9.49. The minimum absolute atomic E-state index is 0.824. The fourth-order valence-electron chi connectivity index (χ4n) is 4.09. The van der Waals surface area contributed by atoms with Crippen molar-refractivity contribution in [3.05, 3.63) is 41.0 Å². The van der Waals surface area contributed by atoms with E-state index in [4.69, 9.17) is 0 Å². The van der Waals surface area contributed by atoms with E-state index in [1.54, 1.807) is 0 Å². The topological polar surface area (TPSA) is 55.7 Å². The molecular formula is C21H25N4+. The number of hydrogen-bond donors (Lipinski definition) is 2. The molecule has 0 spiro atoms. The molecule has 0 unspecified atom stereocenters. The van der Waals surface area contributed by atoms with Crippen LogP contribution in [0.4, 0.5) is 5.82 Å². The van der Waals surface area contributed by atoms with E-state index in [1.807, 2.05) is 6.07 Å². The summed E-state index contributed by atoms with van der Waals surface area (Å²) in [4.78, 5) is 3.49. The number of hydrogen-bond acceptors (Lipinski definition) is 2. The second-order valence-corrected chi connectivity index (χ2v) is 6.96. The van der Waals surface area contributed by atoms with Crippen molar-refractivity contribution < 1.29 is 4.40 Å². The number of pyridine rings is 1. The van der Waals surface area contributed by atoms with Crippen LogP contribution >= 0.6 is 0 Å². The van der Waals surface area contributed by atoms with E-state index in [-0.39, 0.29) is 0 Å². The SMILES string of the molecule is CCCCCNc1c2c(c(C#N)c3[nH]c4ccccc4[n+]13)CCCC2. The zero-order valence-corrected chi connectivity index (χ0v) is 14.9. The summed E-state index contributed by atoms with van der Waals surface area (Å²) in [6.45, 7) is 3.21. The van der Waals surface area contributed by atoms with E-state index in [0.29, 0.717) is 0 Å². The van der Waals surface area contributed by atoms with Crippen LogP contribution in [-0.4, -0.2) is 11.5 Å². The number of aromatic nitrogens is 2. The number of unbranched alkanes of at least 4 members (excludes halogenated alkanes) is 2. The van der Waals surface area contributed by atoms with Crippen molar-refractivity contribution in [2.24, 2.45) is 0 Å². The van der Waals surface area contributed by atoms with Crippen LogP contribution in [0.15, 0.2) is 24.3 Å². The highest BCUT2D eigenvalue weighted by Gasteiger charge is 2.28. The van der Waals surface area contributed by atoms with E-state index < -0.39 is 0 Å². The lowest BCUT2D eigenvalue weighted by Crippen LogP contribution is -2.31. The first-order valence-corrected chi connectivity index (χ1v) is 9.49. The molecule has 2 heterocycles. The van der Waals surface area contributed by atoms with Gasteiger partial charge in [0.2, 0.25) is 11.5 Å². The highest BCUT2D eigenvalue weighted by Crippen LogP contribution is 2.31. The molecule has 4 nitrogen and oxygen atoms in total. The summed E-state index contributed by atoms with van der Waals surface area (Å²) < 4.78 is 2.24. The molecule has 0 aliphatic heterocycles. The quantitative estimate of drug-likeness (QED) is 0.541. The Morgan fingerprint density at radius 1 is 1.16 bits per heavy atom. The van der Waals surface area contributed by atoms with Gasteiger partial charge in [-0.15, -0.1) is 0 Å². The fraction of sp³-hybridized carbons (Fsp3) is 0.429. The number of rotatable bonds is 5. The lowest BCUT2D eigenvalue weighted by Gasteiger charge is -2.19. The number of H-pyrrole nitrogens is 1. The number of nitrogens with zero attached hydrogens (tertiary/aromatic N) is 2. The Bertz CT molecular complexity index is 962. The van der Waals surface area contributed by atoms with Gasteiger partial charge in [0, 0.05) is 5.56 Å². The number of benzene rings is 1. The summed E-state index contributed by atoms with van der Waals surface area (Å²) in [5.41, 5.74) is 6.57. The van der Waals surface area contributed by atoms with Gasteiger partial charge in [-0.05, 0) is 49.8 Å². The summed E-state index contributed by atoms with van der Waals surface area (Å²) in [5, 5.41) is 13.6. The Labute approximate surface area is 148 Å². The Hall–Kier alpha value is -2.54. The minimum atomic E-state index is 0.824. The molecule has 128 valence electrons. The summed E-state index contributed by atoms with van der Waals surface area (Å²) in [6, 6.07) is 10.8. The molecule has 0 radical (unpaired) electrons. The lowest BCUT2D eigenvalue weighted by molar-refractivity contribution is -0.465. The van der Waals surface area contributed by atoms with Gasteiger partial charge in [0.05, 0.1) is 6.54 Å². The van der Waals surface area contributed by atoms with Gasteiger partial charge in [-0.1, -0.05) is 31.9 Å². The number of fused-ring (bicyclic) bond motifs is 4. The van der Waals surface area contributed by atoms with Crippen molar-refractivity contribution >= 4 is 22.5 Å². The number of para-hydroxylation sites is 2. The average molecular weight is 333 g/mol. The Balaban J connectivity index is 1.97. The second-order valence-electron chi connectivity index (χ2n) is 6.96. The number of imidazole rings is 1. The van der Waals surface area contributed by atoms with Crippen LogP contribution in [0, 0.1) is 11.3 Å². The van der Waals surface area contributed by atoms with Gasteiger partial charge in [-0.3, -0.25) is 4.98 Å². The van der Waals surface area contributed by atoms with Gasteiger partial charge in [0.1, 0.15) is 22.7 Å². The van der Waals surface area contributed by atoms with Crippen LogP contribution in [0.5, 0.6) is 0 Å². The first-order chi connectivity index (χ1) is 12.3. The van der Waals surface area contributed by atoms with E-state index in [9.17, 15) is 5.26 Å². The van der Waals surface area contributed by atoms with Gasteiger partial charge in [0.15, 0.2) is 0 Å². The van der Waals surface area contributed by atoms with Crippen molar-refractivity contribution in [3.8, 4) is 6.07 Å². The smallest absolute Gasteiger partial charge is 0.250 e. The van der Waals surface area contributed by atoms with Crippen molar-refractivity contribution in [1.29, 1.82) is 5.26 Å². The Kier molecular flexibility index (Phi) is 4.31. The van der Waals surface area contributed by atoms with Gasteiger partial charge in [-0.2, -0.15) is 9.66 Å². The maximum atomic E-state index is 9.85. The van der Waals surface area contributed by atoms with Gasteiger partial charge < -0.3 is 5.32 Å². The second kappa shape index (κ2) is 6.76. The molecule has 0 saturated heterocycles. The van der Waals surface area contributed by atoms with E-state index in [1.165, 1.54) is 49.0 Å². The molecule has 2 N–H and O–H groups in total.